The van der Waals surface area contributed by atoms with E-state index in [0.29, 0.717) is 36.1 Å². The first-order chi connectivity index (χ1) is 26.9. The summed E-state index contributed by atoms with van der Waals surface area (Å²) in [6.07, 6.45) is 1.90. The van der Waals surface area contributed by atoms with Gasteiger partial charge in [-0.05, 0) is 73.9 Å². The summed E-state index contributed by atoms with van der Waals surface area (Å²) in [6.45, 7) is 8.72. The highest BCUT2D eigenvalue weighted by molar-refractivity contribution is 5.88. The summed E-state index contributed by atoms with van der Waals surface area (Å²) in [5.41, 5.74) is 6.24. The van der Waals surface area contributed by atoms with Gasteiger partial charge in [-0.25, -0.2) is 19.6 Å². The molecular weight excluding hydrogens is 717 g/mol. The topological polar surface area (TPSA) is 200 Å². The Morgan fingerprint density at radius 3 is 1.43 bits per heavy atom. The molecule has 5 heterocycles. The summed E-state index contributed by atoms with van der Waals surface area (Å²) in [4.78, 5) is 71.4. The number of carbonyl (C=O) groups excluding carboxylic acids is 4. The van der Waals surface area contributed by atoms with Crippen molar-refractivity contribution in [3.05, 3.63) is 60.2 Å². The number of aromatic amines is 2. The molecule has 3 aromatic heterocycles. The van der Waals surface area contributed by atoms with E-state index in [9.17, 15) is 19.2 Å². The molecule has 16 nitrogen and oxygen atoms in total. The third kappa shape index (κ3) is 7.59. The maximum absolute atomic E-state index is 13.6. The third-order valence-corrected chi connectivity index (χ3v) is 10.7. The summed E-state index contributed by atoms with van der Waals surface area (Å²) in [5.74, 6) is 0.840. The fraction of sp³-hybridized carbons (Fsp3) is 0.450. The number of benzene rings is 2. The highest BCUT2D eigenvalue weighted by Gasteiger charge is 2.39. The Kier molecular flexibility index (Phi) is 10.9. The number of alkyl carbamates (subject to hydrolysis) is 2. The predicted molar refractivity (Wildman–Crippen MR) is 208 cm³/mol. The Morgan fingerprint density at radius 2 is 1.07 bits per heavy atom. The second-order valence-electron chi connectivity index (χ2n) is 15.1. The monoisotopic (exact) mass is 764 g/mol. The van der Waals surface area contributed by atoms with E-state index in [0.717, 1.165) is 58.9 Å². The Bertz CT molecular complexity index is 2090. The molecule has 7 rings (SSSR count). The number of rotatable bonds is 10. The van der Waals surface area contributed by atoms with E-state index in [-0.39, 0.29) is 35.7 Å². The lowest BCUT2D eigenvalue weighted by atomic mass is 10.0. The molecule has 2 aliphatic rings. The van der Waals surface area contributed by atoms with Crippen LogP contribution in [0.2, 0.25) is 0 Å². The van der Waals surface area contributed by atoms with Crippen molar-refractivity contribution in [3.63, 3.8) is 0 Å². The van der Waals surface area contributed by atoms with Gasteiger partial charge in [0.25, 0.3) is 0 Å². The predicted octanol–water partition coefficient (Wildman–Crippen LogP) is 5.65. The number of aromatic nitrogens is 6. The molecular formula is C40H48N10O6. The number of ether oxygens (including phenoxy) is 2. The lowest BCUT2D eigenvalue weighted by molar-refractivity contribution is -0.136. The lowest BCUT2D eigenvalue weighted by Crippen LogP contribution is -2.51. The molecule has 0 bridgehead atoms. The molecule has 4 amide bonds. The Labute approximate surface area is 324 Å². The molecule has 2 aromatic carbocycles. The van der Waals surface area contributed by atoms with E-state index in [2.05, 4.69) is 30.8 Å². The van der Waals surface area contributed by atoms with Gasteiger partial charge in [0.2, 0.25) is 11.8 Å². The highest BCUT2D eigenvalue weighted by atomic mass is 16.5. The number of H-pyrrole nitrogens is 2. The zero-order chi connectivity index (χ0) is 39.7. The minimum atomic E-state index is -0.707. The lowest BCUT2D eigenvalue weighted by Gasteiger charge is -2.29. The zero-order valence-corrected chi connectivity index (χ0v) is 32.5. The number of hydrogen-bond donors (Lipinski definition) is 4. The molecule has 0 spiro atoms. The number of hydrogen-bond acceptors (Lipinski definition) is 10. The number of nitrogens with zero attached hydrogens (tertiary/aromatic N) is 6. The van der Waals surface area contributed by atoms with Crippen LogP contribution in [-0.4, -0.2) is 103 Å². The van der Waals surface area contributed by atoms with Gasteiger partial charge in [-0.15, -0.1) is 10.2 Å². The number of methoxy groups -OCH3 is 2. The molecule has 5 aromatic rings. The van der Waals surface area contributed by atoms with Gasteiger partial charge in [-0.2, -0.15) is 0 Å². The van der Waals surface area contributed by atoms with Gasteiger partial charge >= 0.3 is 12.2 Å². The van der Waals surface area contributed by atoms with Crippen LogP contribution in [0.1, 0.15) is 77.1 Å². The molecule has 0 aliphatic carbocycles. The third-order valence-electron chi connectivity index (χ3n) is 10.7. The van der Waals surface area contributed by atoms with Gasteiger partial charge < -0.3 is 39.9 Å². The van der Waals surface area contributed by atoms with Crippen LogP contribution in [0.25, 0.3) is 44.6 Å². The standard InChI is InChI=1S/C40H48N10O6/c1-21(2)33(45-39(53)55-5)37(51)49-17-7-9-31(49)35-41-27-13-11-23(19-29(27)43-35)25-15-16-26(48-47-25)24-12-14-28-30(20-24)44-36(42-28)32-10-8-18-50(32)38(52)34(22(3)4)46-40(54)56-6/h11-16,19-22,31-34H,7-10,17-18H2,1-6H3,(H,41,43)(H,42,44)(H,45,53)(H,46,54)/t31-,32-,33+,34+/m0/s1. The largest absolute Gasteiger partial charge is 0.453 e. The average molecular weight is 765 g/mol. The number of carbonyl (C=O) groups is 4. The van der Waals surface area contributed by atoms with Crippen LogP contribution < -0.4 is 10.6 Å². The van der Waals surface area contributed by atoms with E-state index in [1.54, 1.807) is 9.80 Å². The number of nitrogens with one attached hydrogen (secondary N) is 4. The molecule has 2 fully saturated rings. The van der Waals surface area contributed by atoms with Crippen LogP contribution in [0.3, 0.4) is 0 Å². The van der Waals surface area contributed by atoms with Crippen molar-refractivity contribution in [2.45, 2.75) is 77.5 Å². The molecule has 4 N–H and O–H groups in total. The van der Waals surface area contributed by atoms with Gasteiger partial charge in [-0.3, -0.25) is 9.59 Å². The summed E-state index contributed by atoms with van der Waals surface area (Å²) in [7, 11) is 2.57. The van der Waals surface area contributed by atoms with Crippen molar-refractivity contribution in [2.24, 2.45) is 11.8 Å². The van der Waals surface area contributed by atoms with Crippen molar-refractivity contribution >= 4 is 46.1 Å². The summed E-state index contributed by atoms with van der Waals surface area (Å²) >= 11 is 0. The molecule has 16 heteroatoms. The quantitative estimate of drug-likeness (QED) is 0.138. The van der Waals surface area contributed by atoms with Crippen molar-refractivity contribution in [1.29, 1.82) is 0 Å². The smallest absolute Gasteiger partial charge is 0.407 e. The maximum Gasteiger partial charge on any atom is 0.407 e. The molecule has 0 unspecified atom stereocenters. The van der Waals surface area contributed by atoms with Crippen LogP contribution >= 0.6 is 0 Å². The van der Waals surface area contributed by atoms with Crippen LogP contribution in [0.5, 0.6) is 0 Å². The Hall–Kier alpha value is -6.06. The van der Waals surface area contributed by atoms with E-state index >= 15 is 0 Å². The van der Waals surface area contributed by atoms with E-state index in [1.165, 1.54) is 14.2 Å². The molecule has 4 atom stereocenters. The Morgan fingerprint density at radius 1 is 0.661 bits per heavy atom. The second-order valence-corrected chi connectivity index (χ2v) is 15.1. The highest BCUT2D eigenvalue weighted by Crippen LogP contribution is 2.35. The van der Waals surface area contributed by atoms with Crippen molar-refractivity contribution in [1.82, 2.24) is 50.6 Å². The Balaban J connectivity index is 1.06. The van der Waals surface area contributed by atoms with Gasteiger partial charge in [0.05, 0.1) is 59.8 Å². The SMILES string of the molecule is COC(=O)N[C@@H](C(=O)N1CCC[C@H]1c1nc2cc(-c3ccc(-c4ccc5[nH]c([C@@H]6CCCN6C(=O)[C@H](NC(=O)OC)C(C)C)nc5c4)nn3)ccc2[nH]1)C(C)C. The van der Waals surface area contributed by atoms with Crippen LogP contribution in [0.4, 0.5) is 9.59 Å². The van der Waals surface area contributed by atoms with Gasteiger partial charge in [0, 0.05) is 24.2 Å². The van der Waals surface area contributed by atoms with Crippen LogP contribution in [0.15, 0.2) is 48.5 Å². The van der Waals surface area contributed by atoms with E-state index in [1.807, 2.05) is 76.2 Å². The second kappa shape index (κ2) is 16.0. The zero-order valence-electron chi connectivity index (χ0n) is 32.5. The fourth-order valence-corrected chi connectivity index (χ4v) is 7.71. The first-order valence-electron chi connectivity index (χ1n) is 19.1. The maximum atomic E-state index is 13.6. The number of amides is 4. The summed E-state index contributed by atoms with van der Waals surface area (Å²) < 4.78 is 9.52. The summed E-state index contributed by atoms with van der Waals surface area (Å²) in [5, 5.41) is 14.5. The summed E-state index contributed by atoms with van der Waals surface area (Å²) in [6, 6.07) is 13.7. The number of likely N-dealkylation sites (tertiary alicyclic amines) is 2. The van der Waals surface area contributed by atoms with E-state index < -0.39 is 24.3 Å². The minimum Gasteiger partial charge on any atom is -0.453 e. The molecule has 2 aliphatic heterocycles. The molecule has 294 valence electrons. The first kappa shape index (κ1) is 38.2. The normalized spacial score (nSPS) is 18.1. The minimum absolute atomic E-state index is 0.121. The number of fused-ring (bicyclic) bond motifs is 2. The number of imidazole rings is 2. The van der Waals surface area contributed by atoms with Gasteiger partial charge in [-0.1, -0.05) is 39.8 Å². The van der Waals surface area contributed by atoms with Gasteiger partial charge in [0.1, 0.15) is 23.7 Å². The van der Waals surface area contributed by atoms with Crippen LogP contribution in [0, 0.1) is 11.8 Å². The van der Waals surface area contributed by atoms with Crippen molar-refractivity contribution in [3.8, 4) is 22.5 Å². The van der Waals surface area contributed by atoms with Gasteiger partial charge in [0.15, 0.2) is 0 Å². The van der Waals surface area contributed by atoms with Crippen molar-refractivity contribution in [2.75, 3.05) is 27.3 Å². The molecule has 0 saturated carbocycles. The molecule has 56 heavy (non-hydrogen) atoms. The first-order valence-corrected chi connectivity index (χ1v) is 19.1. The van der Waals surface area contributed by atoms with Crippen LogP contribution in [-0.2, 0) is 19.1 Å². The fourth-order valence-electron chi connectivity index (χ4n) is 7.71. The van der Waals surface area contributed by atoms with E-state index in [4.69, 9.17) is 19.4 Å². The molecule has 0 radical (unpaired) electrons. The average Bonchev–Trinajstić information content (AvgIpc) is 4.03. The van der Waals surface area contributed by atoms with Crippen molar-refractivity contribution < 1.29 is 28.7 Å². The molecule has 2 saturated heterocycles.